The molecule has 0 aliphatic rings. The molecule has 5 heteroatoms. The summed E-state index contributed by atoms with van der Waals surface area (Å²) in [4.78, 5) is 18.0. The Balaban J connectivity index is 2.38. The summed E-state index contributed by atoms with van der Waals surface area (Å²) in [6.07, 6.45) is 1.10. The molecule has 100 valence electrons. The van der Waals surface area contributed by atoms with Gasteiger partial charge in [-0.15, -0.1) is 0 Å². The molecule has 1 heterocycles. The first-order chi connectivity index (χ1) is 8.54. The van der Waals surface area contributed by atoms with Crippen molar-refractivity contribution >= 4 is 11.7 Å². The van der Waals surface area contributed by atoms with Crippen LogP contribution in [0.2, 0.25) is 0 Å². The molecule has 0 aromatic carbocycles. The predicted molar refractivity (Wildman–Crippen MR) is 73.4 cm³/mol. The van der Waals surface area contributed by atoms with Crippen LogP contribution in [0.3, 0.4) is 0 Å². The highest BCUT2D eigenvalue weighted by Gasteiger charge is 2.09. The second kappa shape index (κ2) is 6.96. The largest absolute Gasteiger partial charge is 0.384 e. The van der Waals surface area contributed by atoms with Gasteiger partial charge in [0.25, 0.3) is 5.91 Å². The Morgan fingerprint density at radius 1 is 1.56 bits per heavy atom. The maximum Gasteiger partial charge on any atom is 0.270 e. The standard InChI is InChI=1S/C13H22N4O/c1-4-10(2)17(3)9-8-15-13(18)11-6-5-7-12(14)16-11/h5-7,10H,4,8-9H2,1-3H3,(H2,14,16)(H,15,18). The SMILES string of the molecule is CCC(C)N(C)CCNC(=O)c1cccc(N)n1. The summed E-state index contributed by atoms with van der Waals surface area (Å²) in [6, 6.07) is 5.56. The highest BCUT2D eigenvalue weighted by Crippen LogP contribution is 2.01. The van der Waals surface area contributed by atoms with Gasteiger partial charge in [0, 0.05) is 19.1 Å². The lowest BCUT2D eigenvalue weighted by molar-refractivity contribution is 0.0942. The van der Waals surface area contributed by atoms with Crippen LogP contribution >= 0.6 is 0 Å². The fraction of sp³-hybridized carbons (Fsp3) is 0.538. The van der Waals surface area contributed by atoms with E-state index in [0.29, 0.717) is 24.1 Å². The second-order valence-corrected chi connectivity index (χ2v) is 4.44. The smallest absolute Gasteiger partial charge is 0.270 e. The van der Waals surface area contributed by atoms with E-state index < -0.39 is 0 Å². The number of hydrogen-bond acceptors (Lipinski definition) is 4. The minimum absolute atomic E-state index is 0.181. The summed E-state index contributed by atoms with van der Waals surface area (Å²) in [5.41, 5.74) is 5.89. The number of nitrogens with two attached hydrogens (primary N) is 1. The lowest BCUT2D eigenvalue weighted by Gasteiger charge is -2.23. The van der Waals surface area contributed by atoms with Gasteiger partial charge in [-0.3, -0.25) is 4.79 Å². The van der Waals surface area contributed by atoms with Gasteiger partial charge in [0.05, 0.1) is 0 Å². The summed E-state index contributed by atoms with van der Waals surface area (Å²) in [7, 11) is 2.05. The van der Waals surface area contributed by atoms with Gasteiger partial charge in [-0.25, -0.2) is 4.98 Å². The summed E-state index contributed by atoms with van der Waals surface area (Å²) in [5.74, 6) is 0.180. The highest BCUT2D eigenvalue weighted by atomic mass is 16.1. The van der Waals surface area contributed by atoms with Crippen LogP contribution in [0.4, 0.5) is 5.82 Å². The van der Waals surface area contributed by atoms with Crippen molar-refractivity contribution in [3.63, 3.8) is 0 Å². The molecule has 3 N–H and O–H groups in total. The quantitative estimate of drug-likeness (QED) is 0.794. The third-order valence-corrected chi connectivity index (χ3v) is 3.10. The van der Waals surface area contributed by atoms with Crippen LogP contribution in [0, 0.1) is 0 Å². The van der Waals surface area contributed by atoms with Gasteiger partial charge < -0.3 is 16.0 Å². The fourth-order valence-corrected chi connectivity index (χ4v) is 1.55. The summed E-state index contributed by atoms with van der Waals surface area (Å²) < 4.78 is 0. The number of carbonyl (C=O) groups excluding carboxylic acids is 1. The van der Waals surface area contributed by atoms with E-state index in [1.54, 1.807) is 18.2 Å². The molecule has 1 atom stereocenters. The van der Waals surface area contributed by atoms with Crippen LogP contribution in [-0.2, 0) is 0 Å². The number of amides is 1. The molecule has 1 aromatic rings. The molecule has 0 radical (unpaired) electrons. The Morgan fingerprint density at radius 3 is 2.89 bits per heavy atom. The van der Waals surface area contributed by atoms with Crippen molar-refractivity contribution < 1.29 is 4.79 Å². The average Bonchev–Trinajstić information content (AvgIpc) is 2.37. The number of nitrogen functional groups attached to an aromatic ring is 1. The van der Waals surface area contributed by atoms with E-state index in [9.17, 15) is 4.79 Å². The van der Waals surface area contributed by atoms with Crippen molar-refractivity contribution in [2.24, 2.45) is 0 Å². The van der Waals surface area contributed by atoms with Crippen molar-refractivity contribution in [1.82, 2.24) is 15.2 Å². The Bertz CT molecular complexity index is 394. The van der Waals surface area contributed by atoms with E-state index in [-0.39, 0.29) is 5.91 Å². The number of rotatable bonds is 6. The number of anilines is 1. The van der Waals surface area contributed by atoms with Crippen molar-refractivity contribution in [2.45, 2.75) is 26.3 Å². The second-order valence-electron chi connectivity index (χ2n) is 4.44. The first-order valence-electron chi connectivity index (χ1n) is 6.25. The van der Waals surface area contributed by atoms with Crippen LogP contribution in [0.1, 0.15) is 30.8 Å². The fourth-order valence-electron chi connectivity index (χ4n) is 1.55. The molecular weight excluding hydrogens is 228 g/mol. The zero-order valence-corrected chi connectivity index (χ0v) is 11.3. The Morgan fingerprint density at radius 2 is 2.28 bits per heavy atom. The lowest BCUT2D eigenvalue weighted by atomic mass is 10.2. The zero-order chi connectivity index (χ0) is 13.5. The van der Waals surface area contributed by atoms with Gasteiger partial charge in [0.1, 0.15) is 11.5 Å². The van der Waals surface area contributed by atoms with Gasteiger partial charge >= 0.3 is 0 Å². The van der Waals surface area contributed by atoms with Gasteiger partial charge in [0.15, 0.2) is 0 Å². The maximum absolute atomic E-state index is 11.8. The molecule has 0 spiro atoms. The first-order valence-corrected chi connectivity index (χ1v) is 6.25. The van der Waals surface area contributed by atoms with E-state index in [1.807, 2.05) is 0 Å². The van der Waals surface area contributed by atoms with E-state index in [1.165, 1.54) is 0 Å². The van der Waals surface area contributed by atoms with Crippen molar-refractivity contribution in [3.05, 3.63) is 23.9 Å². The molecule has 18 heavy (non-hydrogen) atoms. The normalized spacial score (nSPS) is 12.4. The number of hydrogen-bond donors (Lipinski definition) is 2. The summed E-state index contributed by atoms with van der Waals surface area (Å²) >= 11 is 0. The Hall–Kier alpha value is -1.62. The molecule has 0 aliphatic carbocycles. The molecule has 1 rings (SSSR count). The predicted octanol–water partition coefficient (Wildman–Crippen LogP) is 1.12. The zero-order valence-electron chi connectivity index (χ0n) is 11.3. The molecule has 0 bridgehead atoms. The van der Waals surface area contributed by atoms with Gasteiger partial charge in [0.2, 0.25) is 0 Å². The monoisotopic (exact) mass is 250 g/mol. The maximum atomic E-state index is 11.8. The van der Waals surface area contributed by atoms with Crippen LogP contribution in [0.25, 0.3) is 0 Å². The van der Waals surface area contributed by atoms with Gasteiger partial charge in [-0.05, 0) is 32.5 Å². The van der Waals surface area contributed by atoms with E-state index in [4.69, 9.17) is 5.73 Å². The molecule has 0 fully saturated rings. The molecule has 0 aliphatic heterocycles. The summed E-state index contributed by atoms with van der Waals surface area (Å²) in [6.45, 7) is 5.75. The third kappa shape index (κ3) is 4.33. The molecule has 0 saturated carbocycles. The van der Waals surface area contributed by atoms with Crippen molar-refractivity contribution in [3.8, 4) is 0 Å². The minimum Gasteiger partial charge on any atom is -0.384 e. The molecule has 5 nitrogen and oxygen atoms in total. The van der Waals surface area contributed by atoms with Crippen LogP contribution in [-0.4, -0.2) is 42.0 Å². The molecule has 0 saturated heterocycles. The Kier molecular flexibility index (Phi) is 5.58. The van der Waals surface area contributed by atoms with Crippen LogP contribution in [0.5, 0.6) is 0 Å². The first kappa shape index (κ1) is 14.4. The number of aromatic nitrogens is 1. The van der Waals surface area contributed by atoms with Crippen LogP contribution < -0.4 is 11.1 Å². The number of nitrogens with zero attached hydrogens (tertiary/aromatic N) is 2. The topological polar surface area (TPSA) is 71.2 Å². The number of likely N-dealkylation sites (N-methyl/N-ethyl adjacent to an activating group) is 1. The van der Waals surface area contributed by atoms with Crippen LogP contribution in [0.15, 0.2) is 18.2 Å². The molecular formula is C13H22N4O. The van der Waals surface area contributed by atoms with Gasteiger partial charge in [-0.1, -0.05) is 13.0 Å². The lowest BCUT2D eigenvalue weighted by Crippen LogP contribution is -2.37. The highest BCUT2D eigenvalue weighted by molar-refractivity contribution is 5.92. The number of carbonyl (C=O) groups is 1. The third-order valence-electron chi connectivity index (χ3n) is 3.10. The number of nitrogens with one attached hydrogen (secondary N) is 1. The minimum atomic E-state index is -0.181. The molecule has 1 amide bonds. The van der Waals surface area contributed by atoms with Crippen molar-refractivity contribution in [1.29, 1.82) is 0 Å². The van der Waals surface area contributed by atoms with Crippen molar-refractivity contribution in [2.75, 3.05) is 25.9 Å². The number of pyridine rings is 1. The Labute approximate surface area is 108 Å². The molecule has 1 unspecified atom stereocenters. The summed E-state index contributed by atoms with van der Waals surface area (Å²) in [5, 5.41) is 2.84. The average molecular weight is 250 g/mol. The molecule has 1 aromatic heterocycles. The van der Waals surface area contributed by atoms with E-state index >= 15 is 0 Å². The van der Waals surface area contributed by atoms with Gasteiger partial charge in [-0.2, -0.15) is 0 Å². The van der Waals surface area contributed by atoms with E-state index in [0.717, 1.165) is 13.0 Å². The van der Waals surface area contributed by atoms with E-state index in [2.05, 4.69) is 36.1 Å².